The number of nitrogens with zero attached hydrogens (tertiary/aromatic N) is 2. The minimum Gasteiger partial charge on any atom is -0.444 e. The summed E-state index contributed by atoms with van der Waals surface area (Å²) in [6.45, 7) is 15.1. The number of rotatable bonds is 6. The topological polar surface area (TPSA) is 82.9 Å². The number of hydrogen-bond donors (Lipinski definition) is 3. The fourth-order valence-electron chi connectivity index (χ4n) is 4.65. The van der Waals surface area contributed by atoms with Crippen molar-refractivity contribution >= 4 is 23.2 Å². The first-order valence-electron chi connectivity index (χ1n) is 12.2. The molecule has 3 rings (SSSR count). The third-order valence-electron chi connectivity index (χ3n) is 6.55. The Kier molecular flexibility index (Phi) is 8.15. The second-order valence-electron chi connectivity index (χ2n) is 10.6. The first kappa shape index (κ1) is 24.5. The van der Waals surface area contributed by atoms with Crippen molar-refractivity contribution in [3.05, 3.63) is 18.2 Å². The van der Waals surface area contributed by atoms with Gasteiger partial charge in [0, 0.05) is 50.5 Å². The van der Waals surface area contributed by atoms with Gasteiger partial charge >= 0.3 is 6.09 Å². The normalized spacial score (nSPS) is 19.2. The van der Waals surface area contributed by atoms with Gasteiger partial charge in [0.15, 0.2) is 0 Å². The molecule has 180 valence electrons. The van der Waals surface area contributed by atoms with Gasteiger partial charge in [0.2, 0.25) is 0 Å². The Morgan fingerprint density at radius 1 is 1.12 bits per heavy atom. The maximum absolute atomic E-state index is 11.9. The van der Waals surface area contributed by atoms with Crippen LogP contribution in [0.3, 0.4) is 0 Å². The van der Waals surface area contributed by atoms with E-state index in [-0.39, 0.29) is 6.09 Å². The van der Waals surface area contributed by atoms with Crippen molar-refractivity contribution in [1.29, 1.82) is 0 Å². The first-order valence-corrected chi connectivity index (χ1v) is 12.2. The third kappa shape index (κ3) is 7.19. The molecule has 0 aromatic heterocycles. The molecule has 1 aromatic carbocycles. The number of carbonyl (C=O) groups is 1. The highest BCUT2D eigenvalue weighted by molar-refractivity contribution is 5.73. The number of amides is 1. The van der Waals surface area contributed by atoms with Crippen molar-refractivity contribution in [1.82, 2.24) is 10.2 Å². The molecule has 7 heteroatoms. The van der Waals surface area contributed by atoms with Gasteiger partial charge in [0.25, 0.3) is 0 Å². The summed E-state index contributed by atoms with van der Waals surface area (Å²) in [5.74, 6) is 0.470. The van der Waals surface area contributed by atoms with Gasteiger partial charge in [-0.15, -0.1) is 0 Å². The Hall–Kier alpha value is -2.15. The molecule has 0 unspecified atom stereocenters. The maximum Gasteiger partial charge on any atom is 0.407 e. The zero-order chi connectivity index (χ0) is 23.3. The standard InChI is InChI=1S/C25H43N5O2/c1-18(2)29-14-10-20(11-15-29)28-21-6-7-23(22(26)16-21)30-12-8-19(9-13-30)17-27-24(31)32-25(3,4)5/h6-7,16,18-20,28H,8-15,17,26H2,1-5H3,(H,27,31). The lowest BCUT2D eigenvalue weighted by Crippen LogP contribution is -2.42. The molecule has 0 saturated carbocycles. The number of anilines is 3. The number of likely N-dealkylation sites (tertiary alicyclic amines) is 1. The van der Waals surface area contributed by atoms with E-state index in [4.69, 9.17) is 10.5 Å². The van der Waals surface area contributed by atoms with E-state index < -0.39 is 5.60 Å². The molecule has 0 atom stereocenters. The van der Waals surface area contributed by atoms with Gasteiger partial charge in [0.05, 0.1) is 11.4 Å². The van der Waals surface area contributed by atoms with E-state index in [0.717, 1.165) is 56.1 Å². The molecule has 2 heterocycles. The Morgan fingerprint density at radius 3 is 2.34 bits per heavy atom. The fraction of sp³-hybridized carbons (Fsp3) is 0.720. The molecule has 4 N–H and O–H groups in total. The maximum atomic E-state index is 11.9. The van der Waals surface area contributed by atoms with Crippen LogP contribution in [0.5, 0.6) is 0 Å². The summed E-state index contributed by atoms with van der Waals surface area (Å²) in [4.78, 5) is 16.8. The molecule has 2 saturated heterocycles. The summed E-state index contributed by atoms with van der Waals surface area (Å²) in [6.07, 6.45) is 4.07. The number of nitrogens with one attached hydrogen (secondary N) is 2. The van der Waals surface area contributed by atoms with Gasteiger partial charge < -0.3 is 30.9 Å². The fourth-order valence-corrected chi connectivity index (χ4v) is 4.65. The number of alkyl carbamates (subject to hydrolysis) is 1. The first-order chi connectivity index (χ1) is 15.1. The van der Waals surface area contributed by atoms with Gasteiger partial charge in [-0.2, -0.15) is 0 Å². The summed E-state index contributed by atoms with van der Waals surface area (Å²) in [5.41, 5.74) is 9.05. The van der Waals surface area contributed by atoms with Crippen LogP contribution in [0.2, 0.25) is 0 Å². The number of hydrogen-bond acceptors (Lipinski definition) is 6. The Balaban J connectivity index is 1.44. The van der Waals surface area contributed by atoms with Crippen molar-refractivity contribution in [2.75, 3.05) is 48.7 Å². The highest BCUT2D eigenvalue weighted by Crippen LogP contribution is 2.31. The predicted octanol–water partition coefficient (Wildman–Crippen LogP) is 4.29. The van der Waals surface area contributed by atoms with Crippen LogP contribution in [-0.4, -0.2) is 61.4 Å². The molecule has 7 nitrogen and oxygen atoms in total. The van der Waals surface area contributed by atoms with E-state index in [1.165, 1.54) is 12.8 Å². The Bertz CT molecular complexity index is 745. The van der Waals surface area contributed by atoms with Gasteiger partial charge in [-0.3, -0.25) is 0 Å². The van der Waals surface area contributed by atoms with Crippen molar-refractivity contribution in [2.24, 2.45) is 5.92 Å². The molecular weight excluding hydrogens is 402 g/mol. The summed E-state index contributed by atoms with van der Waals surface area (Å²) in [6, 6.07) is 7.54. The lowest BCUT2D eigenvalue weighted by atomic mass is 9.96. The molecule has 2 aliphatic rings. The van der Waals surface area contributed by atoms with Crippen LogP contribution >= 0.6 is 0 Å². The summed E-state index contributed by atoms with van der Waals surface area (Å²) in [7, 11) is 0. The molecule has 0 bridgehead atoms. The summed E-state index contributed by atoms with van der Waals surface area (Å²) in [5, 5.41) is 6.60. The van der Waals surface area contributed by atoms with Crippen LogP contribution in [-0.2, 0) is 4.74 Å². The molecule has 1 aromatic rings. The number of nitrogens with two attached hydrogens (primary N) is 1. The Labute approximate surface area is 194 Å². The lowest BCUT2D eigenvalue weighted by Gasteiger charge is -2.36. The van der Waals surface area contributed by atoms with Crippen molar-refractivity contribution in [3.8, 4) is 0 Å². The molecule has 1 amide bonds. The molecular formula is C25H43N5O2. The van der Waals surface area contributed by atoms with Crippen LogP contribution in [0, 0.1) is 5.92 Å². The number of nitrogen functional groups attached to an aromatic ring is 1. The van der Waals surface area contributed by atoms with Crippen LogP contribution < -0.4 is 21.3 Å². The zero-order valence-corrected chi connectivity index (χ0v) is 20.6. The van der Waals surface area contributed by atoms with E-state index in [9.17, 15) is 4.79 Å². The van der Waals surface area contributed by atoms with Crippen LogP contribution in [0.25, 0.3) is 0 Å². The number of carbonyl (C=O) groups excluding carboxylic acids is 1. The third-order valence-corrected chi connectivity index (χ3v) is 6.55. The number of benzene rings is 1. The van der Waals surface area contributed by atoms with E-state index in [0.29, 0.717) is 24.5 Å². The SMILES string of the molecule is CC(C)N1CCC(Nc2ccc(N3CCC(CNC(=O)OC(C)(C)C)CC3)c(N)c2)CC1. The summed E-state index contributed by atoms with van der Waals surface area (Å²) < 4.78 is 5.33. The average molecular weight is 446 g/mol. The Morgan fingerprint density at radius 2 is 1.78 bits per heavy atom. The van der Waals surface area contributed by atoms with Crippen molar-refractivity contribution in [2.45, 2.75) is 78.0 Å². The monoisotopic (exact) mass is 445 g/mol. The van der Waals surface area contributed by atoms with Gasteiger partial charge in [-0.25, -0.2) is 4.79 Å². The zero-order valence-electron chi connectivity index (χ0n) is 20.6. The minimum absolute atomic E-state index is 0.331. The molecule has 0 aliphatic carbocycles. The van der Waals surface area contributed by atoms with Gasteiger partial charge in [-0.1, -0.05) is 0 Å². The number of ether oxygens (including phenoxy) is 1. The quantitative estimate of drug-likeness (QED) is 0.567. The average Bonchev–Trinajstić information content (AvgIpc) is 2.72. The molecule has 32 heavy (non-hydrogen) atoms. The van der Waals surface area contributed by atoms with E-state index >= 15 is 0 Å². The minimum atomic E-state index is -0.461. The lowest BCUT2D eigenvalue weighted by molar-refractivity contribution is 0.0517. The van der Waals surface area contributed by atoms with E-state index in [2.05, 4.69) is 52.5 Å². The smallest absolute Gasteiger partial charge is 0.407 e. The summed E-state index contributed by atoms with van der Waals surface area (Å²) >= 11 is 0. The van der Waals surface area contributed by atoms with Crippen LogP contribution in [0.4, 0.5) is 21.9 Å². The van der Waals surface area contributed by atoms with Gasteiger partial charge in [-0.05, 0) is 84.4 Å². The molecule has 2 fully saturated rings. The van der Waals surface area contributed by atoms with Crippen molar-refractivity contribution < 1.29 is 9.53 Å². The van der Waals surface area contributed by atoms with E-state index in [1.54, 1.807) is 0 Å². The van der Waals surface area contributed by atoms with E-state index in [1.807, 2.05) is 20.8 Å². The van der Waals surface area contributed by atoms with Crippen LogP contribution in [0.15, 0.2) is 18.2 Å². The van der Waals surface area contributed by atoms with Crippen LogP contribution in [0.1, 0.15) is 60.3 Å². The second-order valence-corrected chi connectivity index (χ2v) is 10.6. The molecule has 0 spiro atoms. The second kappa shape index (κ2) is 10.6. The predicted molar refractivity (Wildman–Crippen MR) is 133 cm³/mol. The number of piperidine rings is 2. The molecule has 0 radical (unpaired) electrons. The van der Waals surface area contributed by atoms with Crippen molar-refractivity contribution in [3.63, 3.8) is 0 Å². The highest BCUT2D eigenvalue weighted by Gasteiger charge is 2.24. The highest BCUT2D eigenvalue weighted by atomic mass is 16.6. The largest absolute Gasteiger partial charge is 0.444 e. The van der Waals surface area contributed by atoms with Gasteiger partial charge in [0.1, 0.15) is 5.60 Å². The molecule has 2 aliphatic heterocycles.